The second kappa shape index (κ2) is 7.53. The predicted molar refractivity (Wildman–Crippen MR) is 88.4 cm³/mol. The fourth-order valence-corrected chi connectivity index (χ4v) is 2.38. The summed E-state index contributed by atoms with van der Waals surface area (Å²) in [6.45, 7) is 0.163. The Bertz CT molecular complexity index is 741. The van der Waals surface area contributed by atoms with Crippen LogP contribution in [0.1, 0.15) is 11.1 Å². The fraction of sp³-hybridized carbons (Fsp3) is 0.167. The largest absolute Gasteiger partial charge is 0.417 e. The molecule has 1 amide bonds. The van der Waals surface area contributed by atoms with E-state index in [2.05, 4.69) is 0 Å². The number of likely N-dealkylation sites (N-methyl/N-ethyl adjacent to an activating group) is 1. The normalized spacial score (nSPS) is 12.1. The molecule has 0 unspecified atom stereocenters. The molecule has 0 aliphatic carbocycles. The lowest BCUT2D eigenvalue weighted by Gasteiger charge is -2.18. The molecule has 2 nitrogen and oxygen atoms in total. The van der Waals surface area contributed by atoms with Gasteiger partial charge in [-0.05, 0) is 23.3 Å². The lowest BCUT2D eigenvalue weighted by atomic mass is 10.0. The molecular formula is C18H15ClF3NO. The van der Waals surface area contributed by atoms with Crippen LogP contribution in [0.15, 0.2) is 60.7 Å². The van der Waals surface area contributed by atoms with E-state index >= 15 is 0 Å². The van der Waals surface area contributed by atoms with Crippen molar-refractivity contribution in [2.75, 3.05) is 7.05 Å². The Hall–Kier alpha value is -2.27. The molecule has 0 aliphatic heterocycles. The maximum Gasteiger partial charge on any atom is 0.417 e. The Morgan fingerprint density at radius 3 is 2.38 bits per heavy atom. The third-order valence-electron chi connectivity index (χ3n) is 3.34. The van der Waals surface area contributed by atoms with Crippen molar-refractivity contribution in [3.8, 4) is 0 Å². The summed E-state index contributed by atoms with van der Waals surface area (Å²) in [6, 6.07) is 14.1. The topological polar surface area (TPSA) is 20.3 Å². The fourth-order valence-electron chi connectivity index (χ4n) is 2.17. The maximum atomic E-state index is 13.3. The van der Waals surface area contributed by atoms with Crippen LogP contribution in [0.4, 0.5) is 13.2 Å². The summed E-state index contributed by atoms with van der Waals surface area (Å²) < 4.78 is 39.8. The number of hydrogen-bond donors (Lipinski definition) is 0. The first-order valence-electron chi connectivity index (χ1n) is 7.11. The van der Waals surface area contributed by atoms with Gasteiger partial charge in [-0.1, -0.05) is 54.1 Å². The molecule has 0 aromatic heterocycles. The van der Waals surface area contributed by atoms with E-state index in [0.717, 1.165) is 5.56 Å². The summed E-state index contributed by atoms with van der Waals surface area (Å²) in [6.07, 6.45) is -3.99. The number of benzene rings is 2. The number of nitrogens with zero attached hydrogens (tertiary/aromatic N) is 1. The number of carbonyl (C=O) groups excluding carboxylic acids is 1. The summed E-state index contributed by atoms with van der Waals surface area (Å²) in [5, 5.41) is 0.504. The average molecular weight is 354 g/mol. The Morgan fingerprint density at radius 2 is 1.79 bits per heavy atom. The van der Waals surface area contributed by atoms with Crippen molar-refractivity contribution in [3.63, 3.8) is 0 Å². The monoisotopic (exact) mass is 353 g/mol. The molecule has 0 saturated carbocycles. The van der Waals surface area contributed by atoms with Gasteiger partial charge in [0, 0.05) is 24.7 Å². The molecule has 0 N–H and O–H groups in total. The molecule has 0 saturated heterocycles. The van der Waals surface area contributed by atoms with Gasteiger partial charge in [0.05, 0.1) is 5.57 Å². The van der Waals surface area contributed by atoms with Crippen LogP contribution in [0.5, 0.6) is 0 Å². The number of rotatable bonds is 4. The zero-order chi connectivity index (χ0) is 17.7. The second-order valence-electron chi connectivity index (χ2n) is 5.25. The minimum Gasteiger partial charge on any atom is -0.338 e. The van der Waals surface area contributed by atoms with Crippen LogP contribution >= 0.6 is 11.6 Å². The SMILES string of the molecule is CN(Cc1cccc(Cl)c1)C(=O)/C=C(/c1ccccc1)C(F)(F)F. The predicted octanol–water partition coefficient (Wildman–Crippen LogP) is 4.94. The first kappa shape index (κ1) is 18.1. The third kappa shape index (κ3) is 4.86. The van der Waals surface area contributed by atoms with Gasteiger partial charge >= 0.3 is 6.18 Å². The van der Waals surface area contributed by atoms with Gasteiger partial charge in [-0.15, -0.1) is 0 Å². The average Bonchev–Trinajstić information content (AvgIpc) is 2.52. The van der Waals surface area contributed by atoms with Gasteiger partial charge in [0.2, 0.25) is 5.91 Å². The summed E-state index contributed by atoms with van der Waals surface area (Å²) in [5.41, 5.74) is -0.277. The molecule has 6 heteroatoms. The van der Waals surface area contributed by atoms with E-state index in [-0.39, 0.29) is 12.1 Å². The summed E-state index contributed by atoms with van der Waals surface area (Å²) in [7, 11) is 1.44. The van der Waals surface area contributed by atoms with E-state index in [0.29, 0.717) is 11.1 Å². The summed E-state index contributed by atoms with van der Waals surface area (Å²) in [5.74, 6) is -0.730. The summed E-state index contributed by atoms with van der Waals surface area (Å²) in [4.78, 5) is 13.4. The highest BCUT2D eigenvalue weighted by Gasteiger charge is 2.35. The zero-order valence-corrected chi connectivity index (χ0v) is 13.6. The number of amides is 1. The Balaban J connectivity index is 2.24. The van der Waals surface area contributed by atoms with Gasteiger partial charge < -0.3 is 4.90 Å². The molecule has 24 heavy (non-hydrogen) atoms. The lowest BCUT2D eigenvalue weighted by molar-refractivity contribution is -0.125. The lowest BCUT2D eigenvalue weighted by Crippen LogP contribution is -2.25. The van der Waals surface area contributed by atoms with Crippen LogP contribution in [0.2, 0.25) is 5.02 Å². The van der Waals surface area contributed by atoms with Crippen molar-refractivity contribution in [2.24, 2.45) is 0 Å². The minimum absolute atomic E-state index is 0.0468. The number of hydrogen-bond acceptors (Lipinski definition) is 1. The van der Waals surface area contributed by atoms with Crippen molar-refractivity contribution in [1.29, 1.82) is 0 Å². The molecule has 2 rings (SSSR count). The third-order valence-corrected chi connectivity index (χ3v) is 3.58. The van der Waals surface area contributed by atoms with Crippen LogP contribution in [0.25, 0.3) is 5.57 Å². The molecule has 0 aliphatic rings. The molecule has 2 aromatic carbocycles. The standard InChI is InChI=1S/C18H15ClF3NO/c1-23(12-13-6-5-9-15(19)10-13)17(24)11-16(18(20,21)22)14-7-3-2-4-8-14/h2-11H,12H2,1H3/b16-11-. The van der Waals surface area contributed by atoms with Gasteiger partial charge in [0.15, 0.2) is 0 Å². The highest BCUT2D eigenvalue weighted by molar-refractivity contribution is 6.30. The van der Waals surface area contributed by atoms with Crippen molar-refractivity contribution < 1.29 is 18.0 Å². The molecule has 0 atom stereocenters. The van der Waals surface area contributed by atoms with Crippen molar-refractivity contribution >= 4 is 23.1 Å². The molecular weight excluding hydrogens is 339 g/mol. The molecule has 126 valence electrons. The quantitative estimate of drug-likeness (QED) is 0.713. The number of halogens is 4. The number of alkyl halides is 3. The van der Waals surface area contributed by atoms with E-state index in [9.17, 15) is 18.0 Å². The van der Waals surface area contributed by atoms with E-state index in [1.165, 1.54) is 36.2 Å². The van der Waals surface area contributed by atoms with Gasteiger partial charge in [-0.25, -0.2) is 0 Å². The highest BCUT2D eigenvalue weighted by Crippen LogP contribution is 2.33. The number of allylic oxidation sites excluding steroid dienone is 1. The first-order chi connectivity index (χ1) is 11.3. The van der Waals surface area contributed by atoms with Crippen molar-refractivity contribution in [2.45, 2.75) is 12.7 Å². The second-order valence-corrected chi connectivity index (χ2v) is 5.68. The van der Waals surface area contributed by atoms with Gasteiger partial charge in [-0.3, -0.25) is 4.79 Å². The van der Waals surface area contributed by atoms with E-state index in [1.54, 1.807) is 30.3 Å². The van der Waals surface area contributed by atoms with E-state index in [1.807, 2.05) is 0 Å². The smallest absolute Gasteiger partial charge is 0.338 e. The van der Waals surface area contributed by atoms with Gasteiger partial charge in [-0.2, -0.15) is 13.2 Å². The molecule has 0 bridgehead atoms. The van der Waals surface area contributed by atoms with Crippen LogP contribution in [0.3, 0.4) is 0 Å². The molecule has 0 fully saturated rings. The van der Waals surface area contributed by atoms with Crippen LogP contribution < -0.4 is 0 Å². The van der Waals surface area contributed by atoms with Gasteiger partial charge in [0.1, 0.15) is 0 Å². The summed E-state index contributed by atoms with van der Waals surface area (Å²) >= 11 is 5.87. The van der Waals surface area contributed by atoms with E-state index < -0.39 is 17.7 Å². The Morgan fingerprint density at radius 1 is 1.12 bits per heavy atom. The maximum absolute atomic E-state index is 13.3. The molecule has 2 aromatic rings. The van der Waals surface area contributed by atoms with Crippen LogP contribution in [-0.2, 0) is 11.3 Å². The molecule has 0 spiro atoms. The highest BCUT2D eigenvalue weighted by atomic mass is 35.5. The zero-order valence-electron chi connectivity index (χ0n) is 12.8. The van der Waals surface area contributed by atoms with Gasteiger partial charge in [0.25, 0.3) is 0 Å². The molecule has 0 radical (unpaired) electrons. The van der Waals surface area contributed by atoms with Crippen LogP contribution in [-0.4, -0.2) is 24.0 Å². The Kier molecular flexibility index (Phi) is 5.67. The first-order valence-corrected chi connectivity index (χ1v) is 7.49. The molecule has 0 heterocycles. The minimum atomic E-state index is -4.62. The number of carbonyl (C=O) groups is 1. The van der Waals surface area contributed by atoms with Crippen molar-refractivity contribution in [3.05, 3.63) is 76.8 Å². The van der Waals surface area contributed by atoms with E-state index in [4.69, 9.17) is 11.6 Å². The Labute approximate surface area is 143 Å². The van der Waals surface area contributed by atoms with Crippen LogP contribution in [0, 0.1) is 0 Å². The van der Waals surface area contributed by atoms with Crippen molar-refractivity contribution in [1.82, 2.24) is 4.90 Å².